The Morgan fingerprint density at radius 2 is 2.12 bits per heavy atom. The van der Waals surface area contributed by atoms with Crippen LogP contribution in [0.4, 0.5) is 0 Å². The van der Waals surface area contributed by atoms with Crippen molar-refractivity contribution >= 4 is 0 Å². The van der Waals surface area contributed by atoms with Gasteiger partial charge in [-0.25, -0.2) is 4.79 Å². The lowest BCUT2D eigenvalue weighted by molar-refractivity contribution is 0.389. The first kappa shape index (κ1) is 10.1. The van der Waals surface area contributed by atoms with Crippen LogP contribution in [-0.4, -0.2) is 15.7 Å². The monoisotopic (exact) mass is 221 g/mol. The predicted molar refractivity (Wildman–Crippen MR) is 62.3 cm³/mol. The Kier molecular flexibility index (Phi) is 2.21. The Hall–Kier alpha value is -1.03. The second-order valence-corrected chi connectivity index (χ2v) is 5.39. The molecule has 2 fully saturated rings. The third-order valence-corrected chi connectivity index (χ3v) is 3.95. The highest BCUT2D eigenvalue weighted by Gasteiger charge is 2.42. The molecule has 2 saturated carbocycles. The molecular weight excluding hydrogens is 202 g/mol. The molecule has 2 aliphatic rings. The van der Waals surface area contributed by atoms with Crippen molar-refractivity contribution in [1.82, 2.24) is 9.13 Å². The topological polar surface area (TPSA) is 52.9 Å². The summed E-state index contributed by atoms with van der Waals surface area (Å²) < 4.78 is 3.76. The van der Waals surface area contributed by atoms with Crippen molar-refractivity contribution < 1.29 is 0 Å². The Balaban J connectivity index is 1.77. The van der Waals surface area contributed by atoms with E-state index in [9.17, 15) is 4.79 Å². The number of rotatable bonds is 5. The highest BCUT2D eigenvalue weighted by molar-refractivity contribution is 4.97. The number of imidazole rings is 1. The van der Waals surface area contributed by atoms with E-state index in [4.69, 9.17) is 5.73 Å². The first-order chi connectivity index (χ1) is 7.74. The van der Waals surface area contributed by atoms with Gasteiger partial charge in [-0.3, -0.25) is 9.13 Å². The van der Waals surface area contributed by atoms with Gasteiger partial charge in [0.2, 0.25) is 0 Å². The van der Waals surface area contributed by atoms with E-state index in [1.807, 2.05) is 21.5 Å². The van der Waals surface area contributed by atoms with Gasteiger partial charge >= 0.3 is 5.69 Å². The molecule has 88 valence electrons. The fourth-order valence-corrected chi connectivity index (χ4v) is 2.51. The molecular formula is C12H19N3O. The van der Waals surface area contributed by atoms with Crippen molar-refractivity contribution in [2.24, 2.45) is 11.1 Å². The number of nitrogens with two attached hydrogens (primary N) is 1. The smallest absolute Gasteiger partial charge is 0.328 e. The SMILES string of the molecule is NCCC1(Cn2ccn(C3CC3)c2=O)CC1. The van der Waals surface area contributed by atoms with Gasteiger partial charge in [-0.05, 0) is 44.1 Å². The molecule has 0 amide bonds. The summed E-state index contributed by atoms with van der Waals surface area (Å²) in [5.74, 6) is 0. The van der Waals surface area contributed by atoms with Crippen LogP contribution < -0.4 is 11.4 Å². The maximum atomic E-state index is 12.1. The van der Waals surface area contributed by atoms with Crippen LogP contribution in [0.15, 0.2) is 17.2 Å². The fourth-order valence-electron chi connectivity index (χ4n) is 2.51. The molecule has 0 spiro atoms. The second-order valence-electron chi connectivity index (χ2n) is 5.39. The van der Waals surface area contributed by atoms with Gasteiger partial charge in [0.25, 0.3) is 0 Å². The summed E-state index contributed by atoms with van der Waals surface area (Å²) in [4.78, 5) is 12.1. The lowest BCUT2D eigenvalue weighted by atomic mass is 10.0. The molecule has 1 aromatic rings. The van der Waals surface area contributed by atoms with Crippen molar-refractivity contribution in [1.29, 1.82) is 0 Å². The summed E-state index contributed by atoms with van der Waals surface area (Å²) in [6.07, 6.45) is 9.72. The van der Waals surface area contributed by atoms with Gasteiger partial charge < -0.3 is 5.73 Å². The molecule has 0 atom stereocenters. The van der Waals surface area contributed by atoms with E-state index in [1.165, 1.54) is 12.8 Å². The average Bonchev–Trinajstić information content (AvgIpc) is 3.14. The molecule has 0 radical (unpaired) electrons. The zero-order valence-electron chi connectivity index (χ0n) is 9.56. The van der Waals surface area contributed by atoms with Crippen LogP contribution in [0.5, 0.6) is 0 Å². The quantitative estimate of drug-likeness (QED) is 0.810. The highest BCUT2D eigenvalue weighted by atomic mass is 16.1. The van der Waals surface area contributed by atoms with Crippen molar-refractivity contribution in [3.63, 3.8) is 0 Å². The van der Waals surface area contributed by atoms with Crippen molar-refractivity contribution in [3.05, 3.63) is 22.9 Å². The first-order valence-corrected chi connectivity index (χ1v) is 6.21. The minimum Gasteiger partial charge on any atom is -0.330 e. The lowest BCUT2D eigenvalue weighted by Crippen LogP contribution is -2.27. The molecule has 0 unspecified atom stereocenters. The van der Waals surface area contributed by atoms with Gasteiger partial charge in [-0.2, -0.15) is 0 Å². The zero-order chi connectivity index (χ0) is 11.2. The second kappa shape index (κ2) is 3.48. The normalized spacial score (nSPS) is 22.3. The summed E-state index contributed by atoms with van der Waals surface area (Å²) in [7, 11) is 0. The summed E-state index contributed by atoms with van der Waals surface area (Å²) in [5, 5.41) is 0. The van der Waals surface area contributed by atoms with E-state index < -0.39 is 0 Å². The molecule has 0 bridgehead atoms. The molecule has 0 aromatic carbocycles. The molecule has 0 aliphatic heterocycles. The Labute approximate surface area is 95.1 Å². The maximum absolute atomic E-state index is 12.1. The zero-order valence-corrected chi connectivity index (χ0v) is 9.56. The Morgan fingerprint density at radius 1 is 1.38 bits per heavy atom. The van der Waals surface area contributed by atoms with Gasteiger partial charge in [0.05, 0.1) is 0 Å². The number of nitrogens with zero attached hydrogens (tertiary/aromatic N) is 2. The molecule has 2 aliphatic carbocycles. The van der Waals surface area contributed by atoms with Crippen molar-refractivity contribution in [3.8, 4) is 0 Å². The summed E-state index contributed by atoms with van der Waals surface area (Å²) in [6.45, 7) is 1.60. The average molecular weight is 221 g/mol. The standard InChI is InChI=1S/C12H19N3O/c13-6-5-12(3-4-12)9-14-7-8-15(11(14)16)10-1-2-10/h7-8,10H,1-6,9,13H2. The minimum atomic E-state index is 0.172. The van der Waals surface area contributed by atoms with Crippen LogP contribution in [0.25, 0.3) is 0 Å². The van der Waals surface area contributed by atoms with E-state index in [0.29, 0.717) is 11.5 Å². The molecule has 1 aromatic heterocycles. The lowest BCUT2D eigenvalue weighted by Gasteiger charge is -2.13. The molecule has 0 saturated heterocycles. The van der Waals surface area contributed by atoms with Crippen LogP contribution in [0.2, 0.25) is 0 Å². The van der Waals surface area contributed by atoms with E-state index >= 15 is 0 Å². The van der Waals surface area contributed by atoms with E-state index in [2.05, 4.69) is 0 Å². The highest BCUT2D eigenvalue weighted by Crippen LogP contribution is 2.49. The number of aromatic nitrogens is 2. The van der Waals surface area contributed by atoms with Gasteiger partial charge in [0.15, 0.2) is 0 Å². The third-order valence-electron chi connectivity index (χ3n) is 3.95. The molecule has 4 nitrogen and oxygen atoms in total. The molecule has 16 heavy (non-hydrogen) atoms. The van der Waals surface area contributed by atoms with Crippen LogP contribution in [0, 0.1) is 5.41 Å². The van der Waals surface area contributed by atoms with E-state index in [1.54, 1.807) is 0 Å². The van der Waals surface area contributed by atoms with Gasteiger partial charge in [-0.15, -0.1) is 0 Å². The Morgan fingerprint density at radius 3 is 2.69 bits per heavy atom. The van der Waals surface area contributed by atoms with Gasteiger partial charge in [0.1, 0.15) is 0 Å². The molecule has 4 heteroatoms. The van der Waals surface area contributed by atoms with Gasteiger partial charge in [0, 0.05) is 25.0 Å². The van der Waals surface area contributed by atoms with Crippen LogP contribution in [0.1, 0.15) is 38.1 Å². The van der Waals surface area contributed by atoms with Crippen LogP contribution in [-0.2, 0) is 6.54 Å². The molecule has 3 rings (SSSR count). The summed E-state index contributed by atoms with van der Waals surface area (Å²) >= 11 is 0. The fraction of sp³-hybridized carbons (Fsp3) is 0.750. The number of hydrogen-bond donors (Lipinski definition) is 1. The van der Waals surface area contributed by atoms with Crippen molar-refractivity contribution in [2.75, 3.05) is 6.54 Å². The maximum Gasteiger partial charge on any atom is 0.328 e. The van der Waals surface area contributed by atoms with Crippen molar-refractivity contribution in [2.45, 2.75) is 44.7 Å². The predicted octanol–water partition coefficient (Wildman–Crippen LogP) is 1.11. The van der Waals surface area contributed by atoms with E-state index in [-0.39, 0.29) is 5.69 Å². The largest absolute Gasteiger partial charge is 0.330 e. The first-order valence-electron chi connectivity index (χ1n) is 6.21. The summed E-state index contributed by atoms with van der Waals surface area (Å²) in [5.41, 5.74) is 6.13. The van der Waals surface area contributed by atoms with E-state index in [0.717, 1.165) is 32.4 Å². The number of hydrogen-bond acceptors (Lipinski definition) is 2. The summed E-state index contributed by atoms with van der Waals surface area (Å²) in [6, 6.07) is 0.485. The minimum absolute atomic E-state index is 0.172. The molecule has 2 N–H and O–H groups in total. The third kappa shape index (κ3) is 1.71. The van der Waals surface area contributed by atoms with Gasteiger partial charge in [-0.1, -0.05) is 0 Å². The molecule has 1 heterocycles. The van der Waals surface area contributed by atoms with Crippen LogP contribution >= 0.6 is 0 Å². The Bertz CT molecular complexity index is 437. The van der Waals surface area contributed by atoms with Crippen LogP contribution in [0.3, 0.4) is 0 Å².